The number of allylic oxidation sites excluding steroid dienone is 2. The maximum atomic E-state index is 3.24. The van der Waals surface area contributed by atoms with Crippen molar-refractivity contribution in [3.05, 3.63) is 54.0 Å². The average molecular weight is 158 g/mol. The first-order valence-electron chi connectivity index (χ1n) is 4.20. The van der Waals surface area contributed by atoms with Gasteiger partial charge in [0.25, 0.3) is 0 Å². The molecule has 0 N–H and O–H groups in total. The van der Waals surface area contributed by atoms with Gasteiger partial charge in [-0.25, -0.2) is 0 Å². The van der Waals surface area contributed by atoms with Gasteiger partial charge >= 0.3 is 0 Å². The van der Waals surface area contributed by atoms with Crippen molar-refractivity contribution in [2.24, 2.45) is 0 Å². The first-order chi connectivity index (χ1) is 5.79. The van der Waals surface area contributed by atoms with E-state index in [2.05, 4.69) is 44.5 Å². The third-order valence-corrected chi connectivity index (χ3v) is 1.54. The zero-order valence-electron chi connectivity index (χ0n) is 7.67. The zero-order chi connectivity index (χ0) is 8.81. The summed E-state index contributed by atoms with van der Waals surface area (Å²) in [7, 11) is 0. The maximum absolute atomic E-state index is 3.24. The third kappa shape index (κ3) is 3.38. The van der Waals surface area contributed by atoms with Crippen molar-refractivity contribution in [1.82, 2.24) is 0 Å². The summed E-state index contributed by atoms with van der Waals surface area (Å²) in [6.07, 6.45) is 6.18. The van der Waals surface area contributed by atoms with Gasteiger partial charge in [0.15, 0.2) is 0 Å². The molecule has 0 saturated heterocycles. The van der Waals surface area contributed by atoms with Crippen molar-refractivity contribution < 1.29 is 0 Å². The second-order valence-corrected chi connectivity index (χ2v) is 3.09. The second kappa shape index (κ2) is 4.76. The molecule has 0 bridgehead atoms. The normalized spacial score (nSPS) is 9.50. The van der Waals surface area contributed by atoms with Crippen LogP contribution in [0, 0.1) is 6.42 Å². The minimum absolute atomic E-state index is 0.909. The molecule has 0 unspecified atom stereocenters. The Hall–Kier alpha value is -1.04. The summed E-state index contributed by atoms with van der Waals surface area (Å²) < 4.78 is 0. The maximum Gasteiger partial charge on any atom is 0.0130 e. The van der Waals surface area contributed by atoms with Crippen LogP contribution in [0.2, 0.25) is 0 Å². The summed E-state index contributed by atoms with van der Waals surface area (Å²) in [5.41, 5.74) is 2.61. The summed E-state index contributed by atoms with van der Waals surface area (Å²) in [6.45, 7) is 4.16. The van der Waals surface area contributed by atoms with Gasteiger partial charge in [-0.2, -0.15) is 0 Å². The van der Waals surface area contributed by atoms with Crippen molar-refractivity contribution in [2.45, 2.75) is 20.3 Å². The summed E-state index contributed by atoms with van der Waals surface area (Å²) in [6, 6.07) is 10.4. The fourth-order valence-electron chi connectivity index (χ4n) is 0.969. The second-order valence-electron chi connectivity index (χ2n) is 3.09. The van der Waals surface area contributed by atoms with Gasteiger partial charge in [-0.05, 0) is 25.8 Å². The third-order valence-electron chi connectivity index (χ3n) is 1.54. The SMILES string of the molecule is CC(C)=C[C]Cc1ccccc1. The van der Waals surface area contributed by atoms with Gasteiger partial charge in [0, 0.05) is 6.42 Å². The Morgan fingerprint density at radius 1 is 1.25 bits per heavy atom. The fraction of sp³-hybridized carbons (Fsp3) is 0.250. The molecule has 12 heavy (non-hydrogen) atoms. The molecular formula is C12H14. The van der Waals surface area contributed by atoms with E-state index in [0.29, 0.717) is 0 Å². The van der Waals surface area contributed by atoms with Crippen molar-refractivity contribution >= 4 is 0 Å². The van der Waals surface area contributed by atoms with E-state index in [4.69, 9.17) is 0 Å². The molecular weight excluding hydrogens is 144 g/mol. The van der Waals surface area contributed by atoms with E-state index in [1.54, 1.807) is 0 Å². The van der Waals surface area contributed by atoms with E-state index < -0.39 is 0 Å². The van der Waals surface area contributed by atoms with Gasteiger partial charge in [0.2, 0.25) is 0 Å². The lowest BCUT2D eigenvalue weighted by molar-refractivity contribution is 1.18. The summed E-state index contributed by atoms with van der Waals surface area (Å²) in [5.74, 6) is 0. The largest absolute Gasteiger partial charge is 0.0798 e. The molecule has 0 atom stereocenters. The van der Waals surface area contributed by atoms with Crippen LogP contribution in [0.25, 0.3) is 0 Å². The minimum atomic E-state index is 0.909. The number of rotatable bonds is 3. The quantitative estimate of drug-likeness (QED) is 0.633. The molecule has 0 fully saturated rings. The van der Waals surface area contributed by atoms with Gasteiger partial charge in [0.1, 0.15) is 0 Å². The van der Waals surface area contributed by atoms with E-state index in [1.807, 2.05) is 12.1 Å². The zero-order valence-corrected chi connectivity index (χ0v) is 7.67. The molecule has 1 aromatic rings. The Labute approximate surface area is 74.9 Å². The predicted molar refractivity (Wildman–Crippen MR) is 52.8 cm³/mol. The highest BCUT2D eigenvalue weighted by Crippen LogP contribution is 2.03. The van der Waals surface area contributed by atoms with Crippen LogP contribution < -0.4 is 0 Å². The lowest BCUT2D eigenvalue weighted by Gasteiger charge is -1.96. The smallest absolute Gasteiger partial charge is 0.0130 e. The molecule has 0 saturated carbocycles. The van der Waals surface area contributed by atoms with Crippen LogP contribution in [0.4, 0.5) is 0 Å². The Morgan fingerprint density at radius 3 is 2.50 bits per heavy atom. The molecule has 0 nitrogen and oxygen atoms in total. The van der Waals surface area contributed by atoms with Gasteiger partial charge in [-0.15, -0.1) is 0 Å². The van der Waals surface area contributed by atoms with E-state index in [1.165, 1.54) is 11.1 Å². The lowest BCUT2D eigenvalue weighted by atomic mass is 10.1. The molecule has 0 amide bonds. The first-order valence-corrected chi connectivity index (χ1v) is 4.20. The number of hydrogen-bond acceptors (Lipinski definition) is 0. The molecule has 62 valence electrons. The highest BCUT2D eigenvalue weighted by Gasteiger charge is 1.88. The van der Waals surface area contributed by atoms with Crippen LogP contribution in [0.1, 0.15) is 19.4 Å². The van der Waals surface area contributed by atoms with Crippen LogP contribution in [0.3, 0.4) is 0 Å². The van der Waals surface area contributed by atoms with Gasteiger partial charge in [-0.3, -0.25) is 0 Å². The number of hydrogen-bond donors (Lipinski definition) is 0. The molecule has 0 aliphatic carbocycles. The fourth-order valence-corrected chi connectivity index (χ4v) is 0.969. The summed E-state index contributed by atoms with van der Waals surface area (Å²) in [4.78, 5) is 0. The molecule has 1 aromatic carbocycles. The van der Waals surface area contributed by atoms with Crippen LogP contribution in [0.5, 0.6) is 0 Å². The average Bonchev–Trinajstić information content (AvgIpc) is 2.05. The predicted octanol–water partition coefficient (Wildman–Crippen LogP) is 3.28. The van der Waals surface area contributed by atoms with Gasteiger partial charge in [0.05, 0.1) is 0 Å². The van der Waals surface area contributed by atoms with E-state index in [-0.39, 0.29) is 0 Å². The van der Waals surface area contributed by atoms with E-state index in [0.717, 1.165) is 6.42 Å². The van der Waals surface area contributed by atoms with E-state index in [9.17, 15) is 0 Å². The standard InChI is InChI=1S/C12H14/c1-11(2)7-6-10-12-8-4-3-5-9-12/h3-5,7-9H,10H2,1-2H3. The molecule has 0 heteroatoms. The van der Waals surface area contributed by atoms with E-state index >= 15 is 0 Å². The topological polar surface area (TPSA) is 0 Å². The molecule has 1 rings (SSSR count). The van der Waals surface area contributed by atoms with Crippen LogP contribution in [-0.2, 0) is 6.42 Å². The summed E-state index contributed by atoms with van der Waals surface area (Å²) in [5, 5.41) is 0. The molecule has 0 aromatic heterocycles. The Bertz CT molecular complexity index is 240. The van der Waals surface area contributed by atoms with Crippen LogP contribution in [-0.4, -0.2) is 0 Å². The molecule has 0 spiro atoms. The van der Waals surface area contributed by atoms with Crippen LogP contribution >= 0.6 is 0 Å². The van der Waals surface area contributed by atoms with Crippen LogP contribution in [0.15, 0.2) is 42.0 Å². The lowest BCUT2D eigenvalue weighted by Crippen LogP contribution is -1.82. The molecule has 2 radical (unpaired) electrons. The Morgan fingerprint density at radius 2 is 1.92 bits per heavy atom. The highest BCUT2D eigenvalue weighted by molar-refractivity contribution is 5.19. The van der Waals surface area contributed by atoms with Crippen molar-refractivity contribution in [2.75, 3.05) is 0 Å². The van der Waals surface area contributed by atoms with Crippen molar-refractivity contribution in [3.8, 4) is 0 Å². The van der Waals surface area contributed by atoms with Gasteiger partial charge in [-0.1, -0.05) is 42.0 Å². The minimum Gasteiger partial charge on any atom is -0.0798 e. The molecule has 0 aliphatic rings. The van der Waals surface area contributed by atoms with Crippen molar-refractivity contribution in [1.29, 1.82) is 0 Å². The summed E-state index contributed by atoms with van der Waals surface area (Å²) >= 11 is 0. The monoisotopic (exact) mass is 158 g/mol. The molecule has 0 heterocycles. The first kappa shape index (κ1) is 9.05. The van der Waals surface area contributed by atoms with Gasteiger partial charge < -0.3 is 0 Å². The Kier molecular flexibility index (Phi) is 3.59. The highest BCUT2D eigenvalue weighted by atomic mass is 13.9. The Balaban J connectivity index is 2.39. The number of benzene rings is 1. The van der Waals surface area contributed by atoms with Crippen molar-refractivity contribution in [3.63, 3.8) is 0 Å². The molecule has 0 aliphatic heterocycles.